The first-order chi connectivity index (χ1) is 12.7. The molecule has 10 heteroatoms. The van der Waals surface area contributed by atoms with Crippen molar-refractivity contribution in [2.75, 3.05) is 0 Å². The Morgan fingerprint density at radius 2 is 1.81 bits per heavy atom. The van der Waals surface area contributed by atoms with Crippen LogP contribution in [0.1, 0.15) is 32.3 Å². The second-order valence-electron chi connectivity index (χ2n) is 6.17. The molecule has 0 fully saturated rings. The van der Waals surface area contributed by atoms with Gasteiger partial charge < -0.3 is 34.7 Å². The van der Waals surface area contributed by atoms with Gasteiger partial charge in [0, 0.05) is 6.42 Å². The predicted molar refractivity (Wildman–Crippen MR) is 99.0 cm³/mol. The van der Waals surface area contributed by atoms with Crippen molar-refractivity contribution >= 4 is 13.8 Å². The SMILES string of the molecule is CCC(C)OP(=O)(O)C(O)C[C@@H](O)[C@@H](O)[C@H](O)C=NOCc1ccccc1. The zero-order valence-electron chi connectivity index (χ0n) is 15.3. The van der Waals surface area contributed by atoms with Gasteiger partial charge in [-0.2, -0.15) is 0 Å². The van der Waals surface area contributed by atoms with Gasteiger partial charge in [0.1, 0.15) is 18.8 Å². The van der Waals surface area contributed by atoms with E-state index in [0.29, 0.717) is 6.42 Å². The lowest BCUT2D eigenvalue weighted by atomic mass is 10.1. The highest BCUT2D eigenvalue weighted by Crippen LogP contribution is 2.49. The van der Waals surface area contributed by atoms with Gasteiger partial charge in [-0.15, -0.1) is 0 Å². The molecule has 0 aliphatic rings. The first-order valence-electron chi connectivity index (χ1n) is 8.59. The molecule has 1 rings (SSSR count). The van der Waals surface area contributed by atoms with Crippen molar-refractivity contribution in [2.45, 2.75) is 63.6 Å². The van der Waals surface area contributed by atoms with Crippen LogP contribution in [0.2, 0.25) is 0 Å². The van der Waals surface area contributed by atoms with Gasteiger partial charge in [0.25, 0.3) is 0 Å². The molecular formula is C17H28NO8P. The lowest BCUT2D eigenvalue weighted by Gasteiger charge is -2.25. The molecule has 154 valence electrons. The number of rotatable bonds is 12. The normalized spacial score (nSPS) is 19.8. The highest BCUT2D eigenvalue weighted by atomic mass is 31.2. The number of hydrogen-bond acceptors (Lipinski definition) is 8. The van der Waals surface area contributed by atoms with Crippen LogP contribution in [0.3, 0.4) is 0 Å². The Bertz CT molecular complexity index is 614. The molecule has 9 nitrogen and oxygen atoms in total. The monoisotopic (exact) mass is 405 g/mol. The summed E-state index contributed by atoms with van der Waals surface area (Å²) in [5, 5.41) is 42.9. The summed E-state index contributed by atoms with van der Waals surface area (Å²) in [5.41, 5.74) is 0.854. The van der Waals surface area contributed by atoms with Crippen molar-refractivity contribution in [1.29, 1.82) is 0 Å². The van der Waals surface area contributed by atoms with Gasteiger partial charge in [-0.05, 0) is 18.9 Å². The van der Waals surface area contributed by atoms with E-state index in [4.69, 9.17) is 9.36 Å². The summed E-state index contributed by atoms with van der Waals surface area (Å²) in [6.45, 7) is 3.46. The average molecular weight is 405 g/mol. The summed E-state index contributed by atoms with van der Waals surface area (Å²) < 4.78 is 16.8. The summed E-state index contributed by atoms with van der Waals surface area (Å²) in [4.78, 5) is 14.7. The van der Waals surface area contributed by atoms with Crippen molar-refractivity contribution in [3.05, 3.63) is 35.9 Å². The maximum Gasteiger partial charge on any atom is 0.356 e. The van der Waals surface area contributed by atoms with Crippen molar-refractivity contribution < 1.29 is 39.2 Å². The van der Waals surface area contributed by atoms with Gasteiger partial charge in [0.05, 0.1) is 18.4 Å². The molecule has 0 spiro atoms. The van der Waals surface area contributed by atoms with Gasteiger partial charge >= 0.3 is 7.60 Å². The molecule has 0 aliphatic carbocycles. The number of aliphatic hydroxyl groups is 4. The minimum Gasteiger partial charge on any atom is -0.391 e. The summed E-state index contributed by atoms with van der Waals surface area (Å²) >= 11 is 0. The van der Waals surface area contributed by atoms with Crippen LogP contribution in [-0.2, 0) is 20.5 Å². The van der Waals surface area contributed by atoms with Crippen molar-refractivity contribution in [3.63, 3.8) is 0 Å². The zero-order valence-corrected chi connectivity index (χ0v) is 16.2. The average Bonchev–Trinajstić information content (AvgIpc) is 2.64. The van der Waals surface area contributed by atoms with Crippen LogP contribution in [0.4, 0.5) is 0 Å². The highest BCUT2D eigenvalue weighted by molar-refractivity contribution is 7.53. The highest BCUT2D eigenvalue weighted by Gasteiger charge is 2.36. The van der Waals surface area contributed by atoms with E-state index in [0.717, 1.165) is 11.8 Å². The summed E-state index contributed by atoms with van der Waals surface area (Å²) in [6.07, 6.45) is -4.91. The molecule has 1 aromatic carbocycles. The van der Waals surface area contributed by atoms with Gasteiger partial charge in [0.2, 0.25) is 0 Å². The van der Waals surface area contributed by atoms with Gasteiger partial charge in [-0.1, -0.05) is 42.4 Å². The first kappa shape index (κ1) is 23.7. The maximum absolute atomic E-state index is 11.9. The maximum atomic E-state index is 11.9. The Labute approximate surface area is 158 Å². The second kappa shape index (κ2) is 11.5. The minimum absolute atomic E-state index is 0.155. The number of benzene rings is 1. The third kappa shape index (κ3) is 8.49. The molecule has 6 atom stereocenters. The molecule has 0 amide bonds. The Kier molecular flexibility index (Phi) is 10.1. The molecular weight excluding hydrogens is 377 g/mol. The Hall–Kier alpha value is -1.32. The number of hydrogen-bond donors (Lipinski definition) is 5. The molecule has 0 bridgehead atoms. The number of aliphatic hydroxyl groups excluding tert-OH is 4. The van der Waals surface area contributed by atoms with E-state index in [2.05, 4.69) is 5.16 Å². The summed E-state index contributed by atoms with van der Waals surface area (Å²) in [7, 11) is -4.40. The van der Waals surface area contributed by atoms with Gasteiger partial charge in [0.15, 0.2) is 5.85 Å². The van der Waals surface area contributed by atoms with E-state index in [1.165, 1.54) is 0 Å². The third-order valence-corrected chi connectivity index (χ3v) is 5.47. The largest absolute Gasteiger partial charge is 0.391 e. The second-order valence-corrected chi connectivity index (χ2v) is 8.10. The van der Waals surface area contributed by atoms with Crippen LogP contribution in [-0.4, -0.2) is 61.8 Å². The molecule has 27 heavy (non-hydrogen) atoms. The van der Waals surface area contributed by atoms with E-state index >= 15 is 0 Å². The predicted octanol–water partition coefficient (Wildman–Crippen LogP) is 0.981. The fraction of sp³-hybridized carbons (Fsp3) is 0.588. The van der Waals surface area contributed by atoms with E-state index in [-0.39, 0.29) is 6.61 Å². The lowest BCUT2D eigenvalue weighted by molar-refractivity contribution is -0.0476. The molecule has 0 aliphatic heterocycles. The van der Waals surface area contributed by atoms with Crippen molar-refractivity contribution in [3.8, 4) is 0 Å². The summed E-state index contributed by atoms with van der Waals surface area (Å²) in [6, 6.07) is 9.14. The number of nitrogens with zero attached hydrogens (tertiary/aromatic N) is 1. The van der Waals surface area contributed by atoms with Crippen LogP contribution < -0.4 is 0 Å². The quantitative estimate of drug-likeness (QED) is 0.196. The van der Waals surface area contributed by atoms with Crippen molar-refractivity contribution in [2.24, 2.45) is 5.16 Å². The van der Waals surface area contributed by atoms with Crippen LogP contribution in [0, 0.1) is 0 Å². The van der Waals surface area contributed by atoms with E-state index in [9.17, 15) is 29.9 Å². The van der Waals surface area contributed by atoms with Crippen molar-refractivity contribution in [1.82, 2.24) is 0 Å². The molecule has 0 radical (unpaired) electrons. The molecule has 5 N–H and O–H groups in total. The van der Waals surface area contributed by atoms with E-state index < -0.39 is 44.3 Å². The Balaban J connectivity index is 2.47. The fourth-order valence-electron chi connectivity index (χ4n) is 2.00. The van der Waals surface area contributed by atoms with Crippen LogP contribution >= 0.6 is 7.60 Å². The third-order valence-electron chi connectivity index (χ3n) is 3.84. The Morgan fingerprint density at radius 3 is 2.41 bits per heavy atom. The van der Waals surface area contributed by atoms with Gasteiger partial charge in [-0.3, -0.25) is 4.57 Å². The molecule has 0 saturated heterocycles. The van der Waals surface area contributed by atoms with E-state index in [1.54, 1.807) is 13.8 Å². The molecule has 3 unspecified atom stereocenters. The van der Waals surface area contributed by atoms with Crippen LogP contribution in [0.25, 0.3) is 0 Å². The smallest absolute Gasteiger partial charge is 0.356 e. The first-order valence-corrected chi connectivity index (χ1v) is 10.2. The van der Waals surface area contributed by atoms with E-state index in [1.807, 2.05) is 30.3 Å². The topological polar surface area (TPSA) is 149 Å². The minimum atomic E-state index is -4.40. The fourth-order valence-corrected chi connectivity index (χ4v) is 3.29. The van der Waals surface area contributed by atoms with Gasteiger partial charge in [-0.25, -0.2) is 0 Å². The Morgan fingerprint density at radius 1 is 1.19 bits per heavy atom. The molecule has 0 saturated carbocycles. The molecule has 0 aromatic heterocycles. The van der Waals surface area contributed by atoms with Crippen LogP contribution in [0.15, 0.2) is 35.5 Å². The molecule has 1 aromatic rings. The summed E-state index contributed by atoms with van der Waals surface area (Å²) in [5.74, 6) is -1.91. The zero-order chi connectivity index (χ0) is 20.4. The number of oxime groups is 1. The lowest BCUT2D eigenvalue weighted by Crippen LogP contribution is -2.40. The standard InChI is InChI=1S/C17H28NO8P/c1-3-12(2)26-27(23,24)16(21)9-14(19)17(22)15(20)10-18-25-11-13-7-5-4-6-8-13/h4-8,10,12,14-17,19-22H,3,9,11H2,1-2H3,(H,23,24)/t12?,14-,15-,16?,17-/m1/s1. The molecule has 0 heterocycles. The van der Waals surface area contributed by atoms with Crippen LogP contribution in [0.5, 0.6) is 0 Å².